The quantitative estimate of drug-likeness (QED) is 0.461. The Labute approximate surface area is 141 Å². The first-order chi connectivity index (χ1) is 11.8. The van der Waals surface area contributed by atoms with Crippen molar-refractivity contribution in [2.45, 2.75) is 12.8 Å². The van der Waals surface area contributed by atoms with Crippen molar-refractivity contribution < 1.29 is 14.3 Å². The van der Waals surface area contributed by atoms with Crippen molar-refractivity contribution in [3.8, 4) is 5.75 Å². The zero-order valence-electron chi connectivity index (χ0n) is 13.5. The first-order valence-corrected chi connectivity index (χ1v) is 8.17. The average Bonchev–Trinajstić information content (AvgIpc) is 2.65. The molecular formula is C21H20O3. The average molecular weight is 320 g/mol. The van der Waals surface area contributed by atoms with Gasteiger partial charge in [-0.2, -0.15) is 0 Å². The van der Waals surface area contributed by atoms with Gasteiger partial charge < -0.3 is 9.47 Å². The van der Waals surface area contributed by atoms with Gasteiger partial charge in [0.15, 0.2) is 0 Å². The van der Waals surface area contributed by atoms with Crippen LogP contribution in [0.1, 0.15) is 23.2 Å². The number of esters is 1. The molecule has 3 aromatic rings. The zero-order chi connectivity index (χ0) is 16.6. The standard InChI is InChI=1S/C21H20O3/c22-21(18-9-2-1-3-10-18)24-15-7-6-14-23-20-13-12-17-8-4-5-11-19(17)16-20/h1-5,8-13,16H,6-7,14-15H2. The van der Waals surface area contributed by atoms with Crippen LogP contribution in [0, 0.1) is 0 Å². The minimum Gasteiger partial charge on any atom is -0.494 e. The Morgan fingerprint density at radius 2 is 1.46 bits per heavy atom. The van der Waals surface area contributed by atoms with Crippen molar-refractivity contribution in [3.63, 3.8) is 0 Å². The highest BCUT2D eigenvalue weighted by atomic mass is 16.5. The van der Waals surface area contributed by atoms with Gasteiger partial charge in [-0.3, -0.25) is 0 Å². The Balaban J connectivity index is 1.37. The topological polar surface area (TPSA) is 35.5 Å². The molecule has 3 aromatic carbocycles. The second-order valence-electron chi connectivity index (χ2n) is 5.57. The highest BCUT2D eigenvalue weighted by molar-refractivity contribution is 5.89. The molecule has 0 saturated heterocycles. The predicted molar refractivity (Wildman–Crippen MR) is 95.4 cm³/mol. The first-order valence-electron chi connectivity index (χ1n) is 8.17. The van der Waals surface area contributed by atoms with Crippen LogP contribution in [-0.4, -0.2) is 19.2 Å². The van der Waals surface area contributed by atoms with Crippen molar-refractivity contribution >= 4 is 16.7 Å². The van der Waals surface area contributed by atoms with Gasteiger partial charge in [-0.1, -0.05) is 48.5 Å². The van der Waals surface area contributed by atoms with E-state index >= 15 is 0 Å². The van der Waals surface area contributed by atoms with Crippen LogP contribution < -0.4 is 4.74 Å². The van der Waals surface area contributed by atoms with Gasteiger partial charge >= 0.3 is 5.97 Å². The number of hydrogen-bond acceptors (Lipinski definition) is 3. The number of carbonyl (C=O) groups excluding carboxylic acids is 1. The monoisotopic (exact) mass is 320 g/mol. The molecule has 0 radical (unpaired) electrons. The summed E-state index contributed by atoms with van der Waals surface area (Å²) in [6.45, 7) is 1.02. The maximum atomic E-state index is 11.8. The summed E-state index contributed by atoms with van der Waals surface area (Å²) in [6.07, 6.45) is 1.63. The Morgan fingerprint density at radius 1 is 0.750 bits per heavy atom. The minimum absolute atomic E-state index is 0.272. The number of fused-ring (bicyclic) bond motifs is 1. The highest BCUT2D eigenvalue weighted by Gasteiger charge is 2.05. The molecule has 0 unspecified atom stereocenters. The van der Waals surface area contributed by atoms with Gasteiger partial charge in [0.05, 0.1) is 18.8 Å². The van der Waals surface area contributed by atoms with Gasteiger partial charge in [-0.05, 0) is 47.9 Å². The van der Waals surface area contributed by atoms with Crippen LogP contribution in [0.4, 0.5) is 0 Å². The third-order valence-corrected chi connectivity index (χ3v) is 3.77. The van der Waals surface area contributed by atoms with E-state index in [1.165, 1.54) is 10.8 Å². The molecule has 3 nitrogen and oxygen atoms in total. The molecule has 3 heteroatoms. The molecule has 0 aromatic heterocycles. The van der Waals surface area contributed by atoms with Crippen LogP contribution in [0.3, 0.4) is 0 Å². The number of carbonyl (C=O) groups is 1. The van der Waals surface area contributed by atoms with Crippen LogP contribution in [-0.2, 0) is 4.74 Å². The third-order valence-electron chi connectivity index (χ3n) is 3.77. The molecule has 0 N–H and O–H groups in total. The molecule has 122 valence electrons. The molecule has 0 aliphatic heterocycles. The summed E-state index contributed by atoms with van der Waals surface area (Å²) >= 11 is 0. The zero-order valence-corrected chi connectivity index (χ0v) is 13.5. The van der Waals surface area contributed by atoms with Crippen LogP contribution in [0.5, 0.6) is 5.75 Å². The molecule has 0 atom stereocenters. The van der Waals surface area contributed by atoms with Gasteiger partial charge in [-0.25, -0.2) is 4.79 Å². The predicted octanol–water partition coefficient (Wildman–Crippen LogP) is 4.86. The molecule has 0 aliphatic carbocycles. The van der Waals surface area contributed by atoms with Crippen molar-refractivity contribution in [2.75, 3.05) is 13.2 Å². The summed E-state index contributed by atoms with van der Waals surface area (Å²) in [5.41, 5.74) is 0.588. The molecular weight excluding hydrogens is 300 g/mol. The van der Waals surface area contributed by atoms with Gasteiger partial charge in [0.2, 0.25) is 0 Å². The summed E-state index contributed by atoms with van der Waals surface area (Å²) in [5.74, 6) is 0.598. The Kier molecular flexibility index (Phi) is 5.46. The van der Waals surface area contributed by atoms with E-state index in [-0.39, 0.29) is 5.97 Å². The fourth-order valence-electron chi connectivity index (χ4n) is 2.47. The summed E-state index contributed by atoms with van der Waals surface area (Å²) in [6, 6.07) is 23.3. The molecule has 0 heterocycles. The van der Waals surface area contributed by atoms with Crippen LogP contribution >= 0.6 is 0 Å². The summed E-state index contributed by atoms with van der Waals surface area (Å²) < 4.78 is 11.0. The van der Waals surface area contributed by atoms with E-state index in [9.17, 15) is 4.79 Å². The Morgan fingerprint density at radius 3 is 2.29 bits per heavy atom. The van der Waals surface area contributed by atoms with Gasteiger partial charge in [0, 0.05) is 0 Å². The molecule has 0 bridgehead atoms. The Hall–Kier alpha value is -2.81. The lowest BCUT2D eigenvalue weighted by Crippen LogP contribution is -2.07. The van der Waals surface area contributed by atoms with Gasteiger partial charge in [0.25, 0.3) is 0 Å². The molecule has 0 amide bonds. The molecule has 3 rings (SSSR count). The largest absolute Gasteiger partial charge is 0.494 e. The van der Waals surface area contributed by atoms with Crippen molar-refractivity contribution in [1.29, 1.82) is 0 Å². The fraction of sp³-hybridized carbons (Fsp3) is 0.190. The van der Waals surface area contributed by atoms with Crippen molar-refractivity contribution in [3.05, 3.63) is 78.4 Å². The molecule has 0 fully saturated rings. The number of hydrogen-bond donors (Lipinski definition) is 0. The summed E-state index contributed by atoms with van der Waals surface area (Å²) in [7, 11) is 0. The van der Waals surface area contributed by atoms with Crippen molar-refractivity contribution in [1.82, 2.24) is 0 Å². The number of benzene rings is 3. The van der Waals surface area contributed by atoms with E-state index in [1.807, 2.05) is 42.5 Å². The first kappa shape index (κ1) is 16.1. The summed E-state index contributed by atoms with van der Waals surface area (Å²) in [4.78, 5) is 11.8. The molecule has 0 spiro atoms. The smallest absolute Gasteiger partial charge is 0.338 e. The van der Waals surface area contributed by atoms with Crippen molar-refractivity contribution in [2.24, 2.45) is 0 Å². The van der Waals surface area contributed by atoms with Crippen LogP contribution in [0.15, 0.2) is 72.8 Å². The molecule has 0 aliphatic rings. The van der Waals surface area contributed by atoms with E-state index in [0.717, 1.165) is 18.6 Å². The lowest BCUT2D eigenvalue weighted by atomic mass is 10.1. The van der Waals surface area contributed by atoms with E-state index in [2.05, 4.69) is 18.2 Å². The summed E-state index contributed by atoms with van der Waals surface area (Å²) in [5, 5.41) is 2.38. The van der Waals surface area contributed by atoms with E-state index < -0.39 is 0 Å². The van der Waals surface area contributed by atoms with E-state index in [4.69, 9.17) is 9.47 Å². The van der Waals surface area contributed by atoms with Crippen LogP contribution in [0.2, 0.25) is 0 Å². The minimum atomic E-state index is -0.272. The second-order valence-corrected chi connectivity index (χ2v) is 5.57. The normalized spacial score (nSPS) is 10.5. The van der Waals surface area contributed by atoms with Gasteiger partial charge in [0.1, 0.15) is 5.75 Å². The lowest BCUT2D eigenvalue weighted by molar-refractivity contribution is 0.0494. The fourth-order valence-corrected chi connectivity index (χ4v) is 2.47. The maximum absolute atomic E-state index is 11.8. The Bertz CT molecular complexity index is 796. The lowest BCUT2D eigenvalue weighted by Gasteiger charge is -2.08. The number of ether oxygens (including phenoxy) is 2. The molecule has 24 heavy (non-hydrogen) atoms. The van der Waals surface area contributed by atoms with E-state index in [0.29, 0.717) is 18.8 Å². The number of rotatable bonds is 7. The number of unbranched alkanes of at least 4 members (excludes halogenated alkanes) is 1. The third kappa shape index (κ3) is 4.35. The second kappa shape index (κ2) is 8.16. The maximum Gasteiger partial charge on any atom is 0.338 e. The van der Waals surface area contributed by atoms with E-state index in [1.54, 1.807) is 12.1 Å². The SMILES string of the molecule is O=C(OCCCCOc1ccc2ccccc2c1)c1ccccc1. The molecule has 0 saturated carbocycles. The highest BCUT2D eigenvalue weighted by Crippen LogP contribution is 2.20. The van der Waals surface area contributed by atoms with Gasteiger partial charge in [-0.15, -0.1) is 0 Å². The van der Waals surface area contributed by atoms with Crippen LogP contribution in [0.25, 0.3) is 10.8 Å².